The molecule has 4 heteroatoms. The number of thiazole rings is 1. The van der Waals surface area contributed by atoms with Crippen LogP contribution in [-0.2, 0) is 0 Å². The van der Waals surface area contributed by atoms with Crippen LogP contribution >= 0.6 is 11.3 Å². The molecule has 0 radical (unpaired) electrons. The molecule has 1 aromatic heterocycles. The van der Waals surface area contributed by atoms with Crippen molar-refractivity contribution in [2.75, 3.05) is 6.54 Å². The Balaban J connectivity index is 1.85. The fraction of sp³-hybridized carbons (Fsp3) is 0.667. The molecule has 0 aliphatic heterocycles. The number of nitriles is 1. The van der Waals surface area contributed by atoms with E-state index in [1.165, 1.54) is 12.8 Å². The fourth-order valence-corrected chi connectivity index (χ4v) is 2.62. The third kappa shape index (κ3) is 2.60. The summed E-state index contributed by atoms with van der Waals surface area (Å²) in [6, 6.07) is 2.59. The zero-order chi connectivity index (χ0) is 11.6. The summed E-state index contributed by atoms with van der Waals surface area (Å²) < 4.78 is 0. The van der Waals surface area contributed by atoms with Gasteiger partial charge in [0, 0.05) is 24.0 Å². The number of aryl methyl sites for hydroxylation is 1. The summed E-state index contributed by atoms with van der Waals surface area (Å²) in [7, 11) is 0. The third-order valence-corrected chi connectivity index (χ3v) is 4.35. The number of nitrogens with one attached hydrogen (secondary N) is 1. The summed E-state index contributed by atoms with van der Waals surface area (Å²) in [6.45, 7) is 5.10. The quantitative estimate of drug-likeness (QED) is 0.853. The van der Waals surface area contributed by atoms with Crippen LogP contribution in [0.3, 0.4) is 0 Å². The van der Waals surface area contributed by atoms with Gasteiger partial charge in [0.15, 0.2) is 0 Å². The Bertz CT molecular complexity index is 401. The summed E-state index contributed by atoms with van der Waals surface area (Å²) in [6.07, 6.45) is 3.07. The molecule has 1 aliphatic rings. The number of nitrogens with zero attached hydrogens (tertiary/aromatic N) is 2. The van der Waals surface area contributed by atoms with Crippen LogP contribution in [0.1, 0.15) is 42.9 Å². The van der Waals surface area contributed by atoms with Crippen LogP contribution in [0, 0.1) is 23.7 Å². The monoisotopic (exact) mass is 235 g/mol. The highest BCUT2D eigenvalue weighted by atomic mass is 32.1. The molecule has 16 heavy (non-hydrogen) atoms. The fourth-order valence-electron chi connectivity index (χ4n) is 1.79. The van der Waals surface area contributed by atoms with Crippen molar-refractivity contribution >= 4 is 11.3 Å². The molecule has 1 heterocycles. The first kappa shape index (κ1) is 11.6. The van der Waals surface area contributed by atoms with Crippen molar-refractivity contribution in [1.29, 1.82) is 5.26 Å². The molecule has 86 valence electrons. The van der Waals surface area contributed by atoms with E-state index in [0.717, 1.165) is 17.2 Å². The van der Waals surface area contributed by atoms with Gasteiger partial charge in [0.2, 0.25) is 0 Å². The zero-order valence-corrected chi connectivity index (χ0v) is 10.6. The van der Waals surface area contributed by atoms with E-state index in [4.69, 9.17) is 5.26 Å². The second-order valence-corrected chi connectivity index (χ2v) is 5.65. The SMILES string of the molecule is Cc1csc(C(C)NCC2(CC#N)CC2)n1. The Hall–Kier alpha value is -0.920. The molecule has 1 fully saturated rings. The van der Waals surface area contributed by atoms with Gasteiger partial charge in [-0.3, -0.25) is 0 Å². The number of hydrogen-bond acceptors (Lipinski definition) is 4. The van der Waals surface area contributed by atoms with E-state index in [1.807, 2.05) is 6.92 Å². The van der Waals surface area contributed by atoms with Crippen molar-refractivity contribution in [3.63, 3.8) is 0 Å². The van der Waals surface area contributed by atoms with Gasteiger partial charge in [0.25, 0.3) is 0 Å². The molecule has 0 spiro atoms. The van der Waals surface area contributed by atoms with Crippen LogP contribution in [0.25, 0.3) is 0 Å². The highest BCUT2D eigenvalue weighted by Crippen LogP contribution is 2.48. The lowest BCUT2D eigenvalue weighted by molar-refractivity contribution is 0.432. The average Bonchev–Trinajstić information content (AvgIpc) is 2.89. The van der Waals surface area contributed by atoms with Crippen LogP contribution in [-0.4, -0.2) is 11.5 Å². The Kier molecular flexibility index (Phi) is 3.27. The van der Waals surface area contributed by atoms with E-state index in [1.54, 1.807) is 11.3 Å². The smallest absolute Gasteiger partial charge is 0.110 e. The van der Waals surface area contributed by atoms with E-state index < -0.39 is 0 Å². The lowest BCUT2D eigenvalue weighted by Gasteiger charge is -2.16. The van der Waals surface area contributed by atoms with E-state index in [-0.39, 0.29) is 5.41 Å². The van der Waals surface area contributed by atoms with Crippen LogP contribution in [0.5, 0.6) is 0 Å². The molecule has 2 rings (SSSR count). The average molecular weight is 235 g/mol. The molecular weight excluding hydrogens is 218 g/mol. The van der Waals surface area contributed by atoms with E-state index in [2.05, 4.69) is 28.7 Å². The molecule has 1 aromatic rings. The molecule has 1 aliphatic carbocycles. The van der Waals surface area contributed by atoms with Gasteiger partial charge in [-0.05, 0) is 32.1 Å². The largest absolute Gasteiger partial charge is 0.308 e. The molecule has 1 N–H and O–H groups in total. The maximum absolute atomic E-state index is 8.74. The van der Waals surface area contributed by atoms with Crippen molar-refractivity contribution in [2.24, 2.45) is 5.41 Å². The zero-order valence-electron chi connectivity index (χ0n) is 9.79. The lowest BCUT2D eigenvalue weighted by Crippen LogP contribution is -2.26. The number of hydrogen-bond donors (Lipinski definition) is 1. The molecule has 1 saturated carbocycles. The Labute approximate surface area is 101 Å². The number of aromatic nitrogens is 1. The lowest BCUT2D eigenvalue weighted by atomic mass is 10.0. The van der Waals surface area contributed by atoms with Crippen molar-refractivity contribution < 1.29 is 0 Å². The molecular formula is C12H17N3S. The normalized spacial score (nSPS) is 19.1. The highest BCUT2D eigenvalue weighted by molar-refractivity contribution is 7.09. The summed E-state index contributed by atoms with van der Waals surface area (Å²) in [5.41, 5.74) is 1.36. The second-order valence-electron chi connectivity index (χ2n) is 4.76. The van der Waals surface area contributed by atoms with Crippen molar-refractivity contribution in [2.45, 2.75) is 39.2 Å². The molecule has 1 atom stereocenters. The Morgan fingerprint density at radius 1 is 1.69 bits per heavy atom. The van der Waals surface area contributed by atoms with Crippen LogP contribution in [0.2, 0.25) is 0 Å². The van der Waals surface area contributed by atoms with Crippen molar-refractivity contribution in [3.8, 4) is 6.07 Å². The van der Waals surface area contributed by atoms with E-state index >= 15 is 0 Å². The minimum Gasteiger partial charge on any atom is -0.308 e. The van der Waals surface area contributed by atoms with Gasteiger partial charge in [-0.2, -0.15) is 5.26 Å². The highest BCUT2D eigenvalue weighted by Gasteiger charge is 2.42. The summed E-state index contributed by atoms with van der Waals surface area (Å²) in [5.74, 6) is 0. The predicted molar refractivity (Wildman–Crippen MR) is 65.2 cm³/mol. The van der Waals surface area contributed by atoms with E-state index in [0.29, 0.717) is 12.5 Å². The first-order chi connectivity index (χ1) is 7.65. The van der Waals surface area contributed by atoms with E-state index in [9.17, 15) is 0 Å². The Morgan fingerprint density at radius 2 is 2.44 bits per heavy atom. The number of rotatable bonds is 5. The molecule has 3 nitrogen and oxygen atoms in total. The van der Waals surface area contributed by atoms with Crippen LogP contribution < -0.4 is 5.32 Å². The van der Waals surface area contributed by atoms with Crippen molar-refractivity contribution in [1.82, 2.24) is 10.3 Å². The van der Waals surface area contributed by atoms with Gasteiger partial charge in [0.1, 0.15) is 5.01 Å². The Morgan fingerprint density at radius 3 is 2.94 bits per heavy atom. The molecule has 0 saturated heterocycles. The second kappa shape index (κ2) is 4.52. The van der Waals surface area contributed by atoms with Crippen LogP contribution in [0.15, 0.2) is 5.38 Å². The standard InChI is InChI=1S/C12H17N3S/c1-9-7-16-11(15-9)10(2)14-8-12(3-4-12)5-6-13/h7,10,14H,3-5,8H2,1-2H3. The summed E-state index contributed by atoms with van der Waals surface area (Å²) in [4.78, 5) is 4.47. The van der Waals surface area contributed by atoms with Gasteiger partial charge < -0.3 is 5.32 Å². The topological polar surface area (TPSA) is 48.7 Å². The van der Waals surface area contributed by atoms with Crippen molar-refractivity contribution in [3.05, 3.63) is 16.1 Å². The molecule has 0 aromatic carbocycles. The van der Waals surface area contributed by atoms with Gasteiger partial charge in [-0.1, -0.05) is 0 Å². The maximum atomic E-state index is 8.74. The maximum Gasteiger partial charge on any atom is 0.110 e. The van der Waals surface area contributed by atoms with Crippen LogP contribution in [0.4, 0.5) is 0 Å². The first-order valence-corrected chi connectivity index (χ1v) is 6.55. The van der Waals surface area contributed by atoms with Gasteiger partial charge in [0.05, 0.1) is 12.1 Å². The summed E-state index contributed by atoms with van der Waals surface area (Å²) in [5, 5.41) is 15.5. The van der Waals surface area contributed by atoms with Gasteiger partial charge >= 0.3 is 0 Å². The summed E-state index contributed by atoms with van der Waals surface area (Å²) >= 11 is 1.70. The van der Waals surface area contributed by atoms with Gasteiger partial charge in [-0.15, -0.1) is 11.3 Å². The first-order valence-electron chi connectivity index (χ1n) is 5.68. The molecule has 1 unspecified atom stereocenters. The third-order valence-electron chi connectivity index (χ3n) is 3.20. The molecule has 0 amide bonds. The molecule has 0 bridgehead atoms. The van der Waals surface area contributed by atoms with Gasteiger partial charge in [-0.25, -0.2) is 4.98 Å². The minimum atomic E-state index is 0.273. The minimum absolute atomic E-state index is 0.273. The predicted octanol–water partition coefficient (Wildman–Crippen LogP) is 2.80.